The molecule has 3 N–H and O–H groups in total. The van der Waals surface area contributed by atoms with Crippen LogP contribution in [0.3, 0.4) is 0 Å². The second-order valence-corrected chi connectivity index (χ2v) is 4.05. The molecule has 0 fully saturated rings. The second-order valence-electron chi connectivity index (χ2n) is 4.05. The molecule has 1 heterocycles. The molecule has 0 spiro atoms. The van der Waals surface area contributed by atoms with Crippen molar-refractivity contribution in [1.29, 1.82) is 0 Å². The molecule has 0 saturated heterocycles. The number of nitrogens with two attached hydrogens (primary N) is 1. The Morgan fingerprint density at radius 3 is 2.62 bits per heavy atom. The summed E-state index contributed by atoms with van der Waals surface area (Å²) in [5, 5.41) is 1.22. The molecule has 2 rings (SSSR count). The number of fused-ring (bicyclic) bond motifs is 1. The van der Waals surface area contributed by atoms with Crippen LogP contribution in [-0.2, 0) is 0 Å². The van der Waals surface area contributed by atoms with Crippen LogP contribution in [-0.4, -0.2) is 18.1 Å². The van der Waals surface area contributed by atoms with Gasteiger partial charge in [-0.25, -0.2) is 0 Å². The van der Waals surface area contributed by atoms with Crippen LogP contribution in [0, 0.1) is 6.92 Å². The predicted molar refractivity (Wildman–Crippen MR) is 71.0 cm³/mol. The van der Waals surface area contributed by atoms with Crippen molar-refractivity contribution in [3.8, 4) is 0 Å². The van der Waals surface area contributed by atoms with E-state index >= 15 is 0 Å². The standard InChI is InChI=1S/C13H19N3/c1-4-16(5-2)12-8-11-10(6-7-15-11)9(3)13(12)14/h6-8,15H,4-5,14H2,1-3H3. The SMILES string of the molecule is CCN(CC)c1cc2[nH]ccc2c(C)c1N. The smallest absolute Gasteiger partial charge is 0.0623 e. The molecule has 0 unspecified atom stereocenters. The summed E-state index contributed by atoms with van der Waals surface area (Å²) in [5.41, 5.74) is 10.6. The maximum absolute atomic E-state index is 6.20. The molecule has 1 aromatic heterocycles. The predicted octanol–water partition coefficient (Wildman–Crippen LogP) is 2.90. The summed E-state index contributed by atoms with van der Waals surface area (Å²) in [4.78, 5) is 5.53. The van der Waals surface area contributed by atoms with Crippen molar-refractivity contribution in [1.82, 2.24) is 4.98 Å². The van der Waals surface area contributed by atoms with Gasteiger partial charge in [-0.15, -0.1) is 0 Å². The molecule has 0 radical (unpaired) electrons. The molecule has 0 bridgehead atoms. The van der Waals surface area contributed by atoms with E-state index in [-0.39, 0.29) is 0 Å². The highest BCUT2D eigenvalue weighted by Crippen LogP contribution is 2.32. The van der Waals surface area contributed by atoms with E-state index in [1.165, 1.54) is 10.9 Å². The first-order chi connectivity index (χ1) is 7.69. The molecular formula is C13H19N3. The van der Waals surface area contributed by atoms with Gasteiger partial charge in [0.1, 0.15) is 0 Å². The lowest BCUT2D eigenvalue weighted by Gasteiger charge is -2.24. The topological polar surface area (TPSA) is 45.0 Å². The molecule has 0 aliphatic heterocycles. The first-order valence-electron chi connectivity index (χ1n) is 5.80. The van der Waals surface area contributed by atoms with E-state index in [4.69, 9.17) is 5.73 Å². The number of aromatic amines is 1. The van der Waals surface area contributed by atoms with Gasteiger partial charge in [-0.3, -0.25) is 0 Å². The average Bonchev–Trinajstić information content (AvgIpc) is 2.75. The molecule has 3 nitrogen and oxygen atoms in total. The highest BCUT2D eigenvalue weighted by atomic mass is 15.1. The molecule has 0 saturated carbocycles. The Morgan fingerprint density at radius 1 is 1.31 bits per heavy atom. The molecule has 0 aliphatic rings. The van der Waals surface area contributed by atoms with Gasteiger partial charge in [-0.1, -0.05) is 0 Å². The third-order valence-electron chi connectivity index (χ3n) is 3.25. The fraction of sp³-hybridized carbons (Fsp3) is 0.385. The summed E-state index contributed by atoms with van der Waals surface area (Å²) in [5.74, 6) is 0. The zero-order valence-electron chi connectivity index (χ0n) is 10.2. The van der Waals surface area contributed by atoms with Gasteiger partial charge < -0.3 is 15.6 Å². The first-order valence-corrected chi connectivity index (χ1v) is 5.80. The summed E-state index contributed by atoms with van der Waals surface area (Å²) < 4.78 is 0. The highest BCUT2D eigenvalue weighted by molar-refractivity contribution is 5.93. The number of nitrogens with one attached hydrogen (secondary N) is 1. The van der Waals surface area contributed by atoms with E-state index in [1.807, 2.05) is 6.20 Å². The van der Waals surface area contributed by atoms with Crippen molar-refractivity contribution < 1.29 is 0 Å². The fourth-order valence-corrected chi connectivity index (χ4v) is 2.21. The number of benzene rings is 1. The lowest BCUT2D eigenvalue weighted by atomic mass is 10.1. The summed E-state index contributed by atoms with van der Waals surface area (Å²) in [6.45, 7) is 8.34. The second kappa shape index (κ2) is 4.08. The van der Waals surface area contributed by atoms with Crippen LogP contribution in [0.4, 0.5) is 11.4 Å². The number of aromatic nitrogens is 1. The van der Waals surface area contributed by atoms with Gasteiger partial charge >= 0.3 is 0 Å². The van der Waals surface area contributed by atoms with Crippen molar-refractivity contribution in [2.45, 2.75) is 20.8 Å². The van der Waals surface area contributed by atoms with E-state index in [0.29, 0.717) is 0 Å². The Bertz CT molecular complexity index is 495. The maximum Gasteiger partial charge on any atom is 0.0623 e. The van der Waals surface area contributed by atoms with Gasteiger partial charge in [0.25, 0.3) is 0 Å². The minimum Gasteiger partial charge on any atom is -0.397 e. The number of rotatable bonds is 3. The van der Waals surface area contributed by atoms with Crippen molar-refractivity contribution >= 4 is 22.3 Å². The summed E-state index contributed by atoms with van der Waals surface area (Å²) in [7, 11) is 0. The number of H-pyrrole nitrogens is 1. The number of hydrogen-bond donors (Lipinski definition) is 2. The van der Waals surface area contributed by atoms with Crippen LogP contribution < -0.4 is 10.6 Å². The number of nitrogen functional groups attached to an aromatic ring is 1. The van der Waals surface area contributed by atoms with E-state index in [2.05, 4.69) is 42.8 Å². The number of nitrogens with zero attached hydrogens (tertiary/aromatic N) is 1. The van der Waals surface area contributed by atoms with Crippen molar-refractivity contribution in [3.63, 3.8) is 0 Å². The number of anilines is 2. The minimum absolute atomic E-state index is 0.899. The third-order valence-corrected chi connectivity index (χ3v) is 3.25. The quantitative estimate of drug-likeness (QED) is 0.776. The van der Waals surface area contributed by atoms with Crippen molar-refractivity contribution in [2.24, 2.45) is 0 Å². The Balaban J connectivity index is 2.65. The van der Waals surface area contributed by atoms with Gasteiger partial charge in [-0.05, 0) is 38.5 Å². The molecule has 16 heavy (non-hydrogen) atoms. The monoisotopic (exact) mass is 217 g/mol. The Morgan fingerprint density at radius 2 is 2.00 bits per heavy atom. The van der Waals surface area contributed by atoms with Crippen LogP contribution in [0.25, 0.3) is 10.9 Å². The molecule has 86 valence electrons. The van der Waals surface area contributed by atoms with E-state index < -0.39 is 0 Å². The minimum atomic E-state index is 0.899. The highest BCUT2D eigenvalue weighted by Gasteiger charge is 2.11. The van der Waals surface area contributed by atoms with E-state index in [0.717, 1.165) is 30.0 Å². The van der Waals surface area contributed by atoms with Crippen molar-refractivity contribution in [2.75, 3.05) is 23.7 Å². The van der Waals surface area contributed by atoms with Gasteiger partial charge in [-0.2, -0.15) is 0 Å². The number of aryl methyl sites for hydroxylation is 1. The van der Waals surface area contributed by atoms with Gasteiger partial charge in [0, 0.05) is 30.2 Å². The molecule has 1 aromatic carbocycles. The molecular weight excluding hydrogens is 198 g/mol. The zero-order valence-corrected chi connectivity index (χ0v) is 10.2. The molecule has 0 atom stereocenters. The zero-order chi connectivity index (χ0) is 11.7. The lowest BCUT2D eigenvalue weighted by Crippen LogP contribution is -2.23. The summed E-state index contributed by atoms with van der Waals surface area (Å²) in [6.07, 6.45) is 1.96. The first kappa shape index (κ1) is 10.9. The summed E-state index contributed by atoms with van der Waals surface area (Å²) >= 11 is 0. The average molecular weight is 217 g/mol. The van der Waals surface area contributed by atoms with Crippen LogP contribution in [0.5, 0.6) is 0 Å². The van der Waals surface area contributed by atoms with Crippen molar-refractivity contribution in [3.05, 3.63) is 23.9 Å². The maximum atomic E-state index is 6.20. The lowest BCUT2D eigenvalue weighted by molar-refractivity contribution is 0.868. The molecule has 0 aliphatic carbocycles. The van der Waals surface area contributed by atoms with Crippen LogP contribution in [0.1, 0.15) is 19.4 Å². The Kier molecular flexibility index (Phi) is 2.77. The van der Waals surface area contributed by atoms with Crippen LogP contribution in [0.2, 0.25) is 0 Å². The van der Waals surface area contributed by atoms with Gasteiger partial charge in [0.2, 0.25) is 0 Å². The largest absolute Gasteiger partial charge is 0.397 e. The van der Waals surface area contributed by atoms with Gasteiger partial charge in [0.05, 0.1) is 11.4 Å². The van der Waals surface area contributed by atoms with Crippen LogP contribution in [0.15, 0.2) is 18.3 Å². The van der Waals surface area contributed by atoms with E-state index in [1.54, 1.807) is 0 Å². The fourth-order valence-electron chi connectivity index (χ4n) is 2.21. The Hall–Kier alpha value is -1.64. The Labute approximate surface area is 96.2 Å². The normalized spacial score (nSPS) is 10.9. The van der Waals surface area contributed by atoms with Gasteiger partial charge in [0.15, 0.2) is 0 Å². The summed E-state index contributed by atoms with van der Waals surface area (Å²) in [6, 6.07) is 4.22. The third kappa shape index (κ3) is 1.52. The van der Waals surface area contributed by atoms with Crippen LogP contribution >= 0.6 is 0 Å². The molecule has 2 aromatic rings. The number of hydrogen-bond acceptors (Lipinski definition) is 2. The molecule has 3 heteroatoms. The van der Waals surface area contributed by atoms with E-state index in [9.17, 15) is 0 Å². The molecule has 0 amide bonds.